The van der Waals surface area contributed by atoms with Gasteiger partial charge >= 0.3 is 23.9 Å². The number of nitrogens with two attached hydrogens (primary N) is 2. The summed E-state index contributed by atoms with van der Waals surface area (Å²) >= 11 is 0. The number of carbonyl (C=O) groups excluding carboxylic acids is 4. The molecular formula is C24H46N2O8. The van der Waals surface area contributed by atoms with Crippen LogP contribution in [-0.4, -0.2) is 58.4 Å². The molecule has 0 aromatic rings. The first-order valence-electron chi connectivity index (χ1n) is 11.2. The van der Waals surface area contributed by atoms with Crippen molar-refractivity contribution in [3.8, 4) is 0 Å². The van der Waals surface area contributed by atoms with E-state index in [1.165, 1.54) is 0 Å². The van der Waals surface area contributed by atoms with Crippen molar-refractivity contribution < 1.29 is 38.1 Å². The second kappa shape index (κ2) is 13.0. The van der Waals surface area contributed by atoms with E-state index in [1.807, 2.05) is 0 Å². The van der Waals surface area contributed by atoms with E-state index in [0.29, 0.717) is 0 Å². The van der Waals surface area contributed by atoms with Gasteiger partial charge in [0.1, 0.15) is 34.5 Å². The Morgan fingerprint density at radius 3 is 0.882 bits per heavy atom. The molecule has 0 radical (unpaired) electrons. The lowest BCUT2D eigenvalue weighted by atomic mass is 10.1. The monoisotopic (exact) mass is 490 g/mol. The lowest BCUT2D eigenvalue weighted by Crippen LogP contribution is -2.40. The van der Waals surface area contributed by atoms with Crippen LogP contribution in [0.3, 0.4) is 0 Å². The topological polar surface area (TPSA) is 157 Å². The number of hydrogen-bond donors (Lipinski definition) is 2. The van der Waals surface area contributed by atoms with E-state index in [-0.39, 0.29) is 12.8 Å². The highest BCUT2D eigenvalue weighted by Crippen LogP contribution is 2.13. The molecule has 0 fully saturated rings. The lowest BCUT2D eigenvalue weighted by molar-refractivity contribution is -0.163. The predicted octanol–water partition coefficient (Wildman–Crippen LogP) is 2.77. The van der Waals surface area contributed by atoms with Crippen LogP contribution in [0, 0.1) is 0 Å². The molecule has 0 bridgehead atoms. The average Bonchev–Trinajstić information content (AvgIpc) is 2.47. The maximum atomic E-state index is 11.5. The Balaban J connectivity index is 0. The summed E-state index contributed by atoms with van der Waals surface area (Å²) in [6.45, 7) is 21.0. The summed E-state index contributed by atoms with van der Waals surface area (Å²) in [7, 11) is 0. The molecule has 0 unspecified atom stereocenters. The number of ether oxygens (including phenoxy) is 4. The van der Waals surface area contributed by atoms with Gasteiger partial charge in [-0.05, 0) is 83.1 Å². The van der Waals surface area contributed by atoms with Crippen molar-refractivity contribution in [1.29, 1.82) is 0 Å². The van der Waals surface area contributed by atoms with E-state index in [9.17, 15) is 19.2 Å². The van der Waals surface area contributed by atoms with E-state index in [0.717, 1.165) is 0 Å². The second-order valence-corrected chi connectivity index (χ2v) is 11.9. The fourth-order valence-electron chi connectivity index (χ4n) is 2.05. The number of hydrogen-bond acceptors (Lipinski definition) is 10. The van der Waals surface area contributed by atoms with Crippen molar-refractivity contribution in [2.75, 3.05) is 0 Å². The van der Waals surface area contributed by atoms with Gasteiger partial charge in [0.2, 0.25) is 0 Å². The van der Waals surface area contributed by atoms with Crippen LogP contribution < -0.4 is 11.5 Å². The third-order valence-corrected chi connectivity index (χ3v) is 3.03. The van der Waals surface area contributed by atoms with Gasteiger partial charge in [-0.2, -0.15) is 0 Å². The number of carbonyl (C=O) groups is 4. The van der Waals surface area contributed by atoms with E-state index < -0.39 is 58.4 Å². The highest BCUT2D eigenvalue weighted by atomic mass is 16.6. The van der Waals surface area contributed by atoms with Crippen LogP contribution in [0.15, 0.2) is 0 Å². The molecule has 0 saturated carbocycles. The minimum atomic E-state index is -0.982. The van der Waals surface area contributed by atoms with Gasteiger partial charge in [0.05, 0.1) is 12.8 Å². The quantitative estimate of drug-likeness (QED) is 0.419. The van der Waals surface area contributed by atoms with E-state index in [4.69, 9.17) is 30.4 Å². The normalized spacial score (nSPS) is 14.1. The molecule has 0 aliphatic rings. The van der Waals surface area contributed by atoms with Crippen molar-refractivity contribution >= 4 is 23.9 Å². The lowest BCUT2D eigenvalue weighted by Gasteiger charge is -2.23. The zero-order valence-electron chi connectivity index (χ0n) is 23.0. The molecule has 0 amide bonds. The molecule has 10 heteroatoms. The largest absolute Gasteiger partial charge is 0.460 e. The van der Waals surface area contributed by atoms with Gasteiger partial charge in [-0.3, -0.25) is 19.2 Å². The summed E-state index contributed by atoms with van der Waals surface area (Å²) in [5, 5.41) is 0. The van der Waals surface area contributed by atoms with E-state index in [1.54, 1.807) is 83.1 Å². The van der Waals surface area contributed by atoms with Gasteiger partial charge in [-0.1, -0.05) is 0 Å². The first-order valence-corrected chi connectivity index (χ1v) is 11.2. The number of esters is 4. The van der Waals surface area contributed by atoms with Crippen molar-refractivity contribution in [3.63, 3.8) is 0 Å². The summed E-state index contributed by atoms with van der Waals surface area (Å²) < 4.78 is 20.2. The summed E-state index contributed by atoms with van der Waals surface area (Å²) in [6, 6.07) is -1.96. The first-order chi connectivity index (χ1) is 14.8. The van der Waals surface area contributed by atoms with Crippen LogP contribution in [0.25, 0.3) is 0 Å². The smallest absolute Gasteiger partial charge is 0.324 e. The highest BCUT2D eigenvalue weighted by molar-refractivity contribution is 5.83. The molecule has 0 spiro atoms. The molecule has 200 valence electrons. The summed E-state index contributed by atoms with van der Waals surface area (Å²) in [4.78, 5) is 45.9. The number of rotatable bonds is 6. The molecule has 4 N–H and O–H groups in total. The van der Waals surface area contributed by atoms with Crippen LogP contribution in [-0.2, 0) is 38.1 Å². The molecule has 0 heterocycles. The summed E-state index contributed by atoms with van der Waals surface area (Å²) in [6.07, 6.45) is -0.349. The Bertz CT molecular complexity index is 632. The van der Waals surface area contributed by atoms with Gasteiger partial charge in [-0.25, -0.2) is 0 Å². The van der Waals surface area contributed by atoms with Gasteiger partial charge in [0.25, 0.3) is 0 Å². The van der Waals surface area contributed by atoms with Crippen molar-refractivity contribution in [1.82, 2.24) is 0 Å². The molecule has 10 nitrogen and oxygen atoms in total. The van der Waals surface area contributed by atoms with Crippen LogP contribution in [0.4, 0.5) is 0 Å². The zero-order chi connectivity index (χ0) is 27.7. The van der Waals surface area contributed by atoms with Gasteiger partial charge in [-0.15, -0.1) is 0 Å². The predicted molar refractivity (Wildman–Crippen MR) is 129 cm³/mol. The molecule has 34 heavy (non-hydrogen) atoms. The molecule has 0 rings (SSSR count). The molecule has 0 aliphatic heterocycles. The second-order valence-electron chi connectivity index (χ2n) is 11.9. The SMILES string of the molecule is CC(C)(C)OC(=O)C[C@@H](N)C(=O)OC(C)(C)C.CC(C)(C)OC(=O)C[C@H](N)C(=O)OC(C)(C)C. The van der Waals surface area contributed by atoms with Gasteiger partial charge in [0, 0.05) is 0 Å². The minimum absolute atomic E-state index is 0.174. The molecule has 0 saturated heterocycles. The highest BCUT2D eigenvalue weighted by Gasteiger charge is 2.27. The van der Waals surface area contributed by atoms with Crippen LogP contribution in [0.1, 0.15) is 95.9 Å². The molecule has 0 aliphatic carbocycles. The minimum Gasteiger partial charge on any atom is -0.460 e. The van der Waals surface area contributed by atoms with Crippen LogP contribution in [0.2, 0.25) is 0 Å². The van der Waals surface area contributed by atoms with Gasteiger partial charge < -0.3 is 30.4 Å². The van der Waals surface area contributed by atoms with E-state index >= 15 is 0 Å². The van der Waals surface area contributed by atoms with Crippen molar-refractivity contribution in [3.05, 3.63) is 0 Å². The maximum absolute atomic E-state index is 11.5. The average molecular weight is 491 g/mol. The Morgan fingerprint density at radius 2 is 0.706 bits per heavy atom. The van der Waals surface area contributed by atoms with Crippen LogP contribution in [0.5, 0.6) is 0 Å². The fourth-order valence-corrected chi connectivity index (χ4v) is 2.05. The standard InChI is InChI=1S/2C12H23NO4/c2*1-11(2,3)16-9(14)7-8(13)10(15)17-12(4,5)6/h2*8H,7,13H2,1-6H3/t2*8-/m10/s1. The molecular weight excluding hydrogens is 444 g/mol. The Morgan fingerprint density at radius 1 is 0.500 bits per heavy atom. The van der Waals surface area contributed by atoms with Crippen molar-refractivity contribution in [2.45, 2.75) is 130 Å². The summed E-state index contributed by atoms with van der Waals surface area (Å²) in [5.74, 6) is -2.20. The third-order valence-electron chi connectivity index (χ3n) is 3.03. The molecule has 2 atom stereocenters. The van der Waals surface area contributed by atoms with Crippen LogP contribution >= 0.6 is 0 Å². The van der Waals surface area contributed by atoms with E-state index in [2.05, 4.69) is 0 Å². The van der Waals surface area contributed by atoms with Crippen molar-refractivity contribution in [2.24, 2.45) is 11.5 Å². The van der Waals surface area contributed by atoms with Gasteiger partial charge in [0.15, 0.2) is 0 Å². The fraction of sp³-hybridized carbons (Fsp3) is 0.833. The molecule has 0 aromatic heterocycles. The Kier molecular flexibility index (Phi) is 13.0. The zero-order valence-corrected chi connectivity index (χ0v) is 23.0. The first kappa shape index (κ1) is 34.0. The Hall–Kier alpha value is -2.20. The summed E-state index contributed by atoms with van der Waals surface area (Å²) in [5.41, 5.74) is 8.76. The molecule has 0 aromatic carbocycles. The Labute approximate surface area is 204 Å². The maximum Gasteiger partial charge on any atom is 0.324 e. The third kappa shape index (κ3) is 21.6.